The van der Waals surface area contributed by atoms with E-state index < -0.39 is 0 Å². The highest BCUT2D eigenvalue weighted by atomic mass is 35.5. The number of amides is 1. The molecular formula is C22H26ClN3O3S2. The molecule has 0 spiro atoms. The van der Waals surface area contributed by atoms with Crippen LogP contribution >= 0.6 is 35.1 Å². The monoisotopic (exact) mass is 479 g/mol. The summed E-state index contributed by atoms with van der Waals surface area (Å²) in [6.45, 7) is 7.17. The lowest BCUT2D eigenvalue weighted by Crippen LogP contribution is -2.42. The second-order valence-corrected chi connectivity index (χ2v) is 8.81. The Kier molecular flexibility index (Phi) is 8.86. The molecule has 1 saturated heterocycles. The lowest BCUT2D eigenvalue weighted by atomic mass is 10.3. The molecule has 4 rings (SSSR count). The smallest absolute Gasteiger partial charge is 0.252 e. The maximum Gasteiger partial charge on any atom is 0.252 e. The van der Waals surface area contributed by atoms with Gasteiger partial charge in [0.2, 0.25) is 0 Å². The van der Waals surface area contributed by atoms with Crippen molar-refractivity contribution in [3.8, 4) is 5.75 Å². The predicted octanol–water partition coefficient (Wildman–Crippen LogP) is 4.56. The molecule has 1 aliphatic rings. The fourth-order valence-corrected chi connectivity index (χ4v) is 4.93. The molecule has 0 bridgehead atoms. The summed E-state index contributed by atoms with van der Waals surface area (Å²) in [5, 5.41) is 2.70. The number of morpholine rings is 1. The minimum atomic E-state index is -0.0614. The normalized spacial score (nSPS) is 14.6. The summed E-state index contributed by atoms with van der Waals surface area (Å²) >= 11 is 3.13. The first-order valence-corrected chi connectivity index (χ1v) is 11.8. The Morgan fingerprint density at radius 2 is 2.13 bits per heavy atom. The van der Waals surface area contributed by atoms with Crippen LogP contribution in [0.15, 0.2) is 41.8 Å². The minimum absolute atomic E-state index is 0. The molecule has 0 radical (unpaired) electrons. The first-order valence-electron chi connectivity index (χ1n) is 10.1. The Balaban J connectivity index is 0.00000272. The Bertz CT molecular complexity index is 1000. The predicted molar refractivity (Wildman–Crippen MR) is 131 cm³/mol. The Morgan fingerprint density at radius 1 is 1.29 bits per heavy atom. The second-order valence-electron chi connectivity index (χ2n) is 6.82. The number of carbonyl (C=O) groups excluding carboxylic acids is 1. The average Bonchev–Trinajstić information content (AvgIpc) is 3.44. The van der Waals surface area contributed by atoms with Gasteiger partial charge in [0.25, 0.3) is 5.91 Å². The van der Waals surface area contributed by atoms with Gasteiger partial charge in [-0.2, -0.15) is 0 Å². The van der Waals surface area contributed by atoms with Gasteiger partial charge in [-0.1, -0.05) is 23.5 Å². The van der Waals surface area contributed by atoms with Crippen LogP contribution in [0.4, 0.5) is 5.13 Å². The third-order valence-corrected chi connectivity index (χ3v) is 6.73. The van der Waals surface area contributed by atoms with Gasteiger partial charge in [0, 0.05) is 37.1 Å². The summed E-state index contributed by atoms with van der Waals surface area (Å²) in [5.74, 6) is 0.695. The number of para-hydroxylation sites is 1. The van der Waals surface area contributed by atoms with E-state index in [0.717, 1.165) is 53.7 Å². The van der Waals surface area contributed by atoms with Crippen LogP contribution in [0.25, 0.3) is 16.3 Å². The lowest BCUT2D eigenvalue weighted by Gasteiger charge is -2.28. The number of halogens is 1. The largest absolute Gasteiger partial charge is 0.492 e. The molecule has 0 atom stereocenters. The van der Waals surface area contributed by atoms with Crippen molar-refractivity contribution in [2.45, 2.75) is 6.92 Å². The number of fused-ring (bicyclic) bond motifs is 1. The van der Waals surface area contributed by atoms with Crippen LogP contribution in [-0.4, -0.2) is 61.8 Å². The highest BCUT2D eigenvalue weighted by Crippen LogP contribution is 2.34. The van der Waals surface area contributed by atoms with E-state index in [2.05, 4.69) is 4.90 Å². The fourth-order valence-electron chi connectivity index (χ4n) is 3.29. The maximum absolute atomic E-state index is 13.1. The van der Waals surface area contributed by atoms with Crippen LogP contribution < -0.4 is 9.64 Å². The topological polar surface area (TPSA) is 54.9 Å². The number of carbonyl (C=O) groups is 1. The molecule has 3 aromatic rings. The Morgan fingerprint density at radius 3 is 2.87 bits per heavy atom. The zero-order valence-corrected chi connectivity index (χ0v) is 19.8. The van der Waals surface area contributed by atoms with Gasteiger partial charge in [0.1, 0.15) is 11.3 Å². The van der Waals surface area contributed by atoms with Gasteiger partial charge in [-0.3, -0.25) is 14.6 Å². The van der Waals surface area contributed by atoms with Crippen LogP contribution in [0.3, 0.4) is 0 Å². The molecule has 1 aliphatic heterocycles. The number of hydrogen-bond donors (Lipinski definition) is 0. The van der Waals surface area contributed by atoms with Crippen molar-refractivity contribution >= 4 is 62.4 Å². The van der Waals surface area contributed by atoms with Gasteiger partial charge in [0.05, 0.1) is 24.5 Å². The van der Waals surface area contributed by atoms with E-state index in [0.29, 0.717) is 18.3 Å². The van der Waals surface area contributed by atoms with Gasteiger partial charge in [-0.15, -0.1) is 23.7 Å². The third kappa shape index (κ3) is 6.05. The fraction of sp³-hybridized carbons (Fsp3) is 0.364. The maximum atomic E-state index is 13.1. The number of ether oxygens (including phenoxy) is 2. The van der Waals surface area contributed by atoms with Gasteiger partial charge < -0.3 is 9.47 Å². The van der Waals surface area contributed by atoms with E-state index in [1.165, 1.54) is 11.3 Å². The molecule has 0 aliphatic carbocycles. The number of thiophene rings is 1. The molecule has 1 fully saturated rings. The van der Waals surface area contributed by atoms with Crippen molar-refractivity contribution < 1.29 is 14.3 Å². The summed E-state index contributed by atoms with van der Waals surface area (Å²) < 4.78 is 12.2. The van der Waals surface area contributed by atoms with Crippen LogP contribution in [0.5, 0.6) is 5.75 Å². The molecule has 6 nitrogen and oxygen atoms in total. The first-order chi connectivity index (χ1) is 14.7. The number of thiazole rings is 1. The van der Waals surface area contributed by atoms with E-state index >= 15 is 0 Å². The summed E-state index contributed by atoms with van der Waals surface area (Å²) in [6.07, 6.45) is 3.51. The number of aromatic nitrogens is 1. The highest BCUT2D eigenvalue weighted by Gasteiger charge is 2.21. The Labute approximate surface area is 196 Å². The number of benzene rings is 1. The van der Waals surface area contributed by atoms with Gasteiger partial charge in [-0.05, 0) is 36.6 Å². The van der Waals surface area contributed by atoms with Crippen LogP contribution in [0, 0.1) is 0 Å². The molecule has 0 saturated carbocycles. The van der Waals surface area contributed by atoms with Crippen molar-refractivity contribution in [2.75, 3.05) is 50.9 Å². The molecule has 31 heavy (non-hydrogen) atoms. The Hall–Kier alpha value is -1.97. The SMILES string of the molecule is CCOc1cccc2sc(N(CCN3CCOCC3)C(=O)C=Cc3cccs3)nc12.Cl. The van der Waals surface area contributed by atoms with Gasteiger partial charge in [-0.25, -0.2) is 4.98 Å². The zero-order valence-electron chi connectivity index (χ0n) is 17.4. The third-order valence-electron chi connectivity index (χ3n) is 4.84. The molecule has 0 N–H and O–H groups in total. The van der Waals surface area contributed by atoms with E-state index in [1.807, 2.05) is 48.7 Å². The molecule has 3 heterocycles. The number of anilines is 1. The minimum Gasteiger partial charge on any atom is -0.492 e. The van der Waals surface area contributed by atoms with Crippen molar-refractivity contribution in [3.05, 3.63) is 46.7 Å². The lowest BCUT2D eigenvalue weighted by molar-refractivity contribution is -0.114. The van der Waals surface area contributed by atoms with Crippen molar-refractivity contribution in [1.29, 1.82) is 0 Å². The van der Waals surface area contributed by atoms with Crippen LogP contribution in [-0.2, 0) is 9.53 Å². The van der Waals surface area contributed by atoms with Crippen molar-refractivity contribution in [2.24, 2.45) is 0 Å². The van der Waals surface area contributed by atoms with E-state index in [9.17, 15) is 4.79 Å². The van der Waals surface area contributed by atoms with Crippen LogP contribution in [0.2, 0.25) is 0 Å². The molecule has 0 unspecified atom stereocenters. The molecular weight excluding hydrogens is 454 g/mol. The highest BCUT2D eigenvalue weighted by molar-refractivity contribution is 7.22. The summed E-state index contributed by atoms with van der Waals surface area (Å²) in [7, 11) is 0. The van der Waals surface area contributed by atoms with E-state index in [4.69, 9.17) is 14.5 Å². The number of hydrogen-bond acceptors (Lipinski definition) is 7. The second kappa shape index (κ2) is 11.6. The van der Waals surface area contributed by atoms with E-state index in [1.54, 1.807) is 22.3 Å². The van der Waals surface area contributed by atoms with Crippen molar-refractivity contribution in [3.63, 3.8) is 0 Å². The number of nitrogens with zero attached hydrogens (tertiary/aromatic N) is 3. The zero-order chi connectivity index (χ0) is 20.8. The van der Waals surface area contributed by atoms with E-state index in [-0.39, 0.29) is 18.3 Å². The van der Waals surface area contributed by atoms with Gasteiger partial charge in [0.15, 0.2) is 5.13 Å². The molecule has 9 heteroatoms. The first kappa shape index (κ1) is 23.7. The van der Waals surface area contributed by atoms with Crippen molar-refractivity contribution in [1.82, 2.24) is 9.88 Å². The molecule has 1 aromatic carbocycles. The molecule has 1 amide bonds. The summed E-state index contributed by atoms with van der Waals surface area (Å²) in [5.41, 5.74) is 0.811. The molecule has 2 aromatic heterocycles. The number of rotatable bonds is 8. The summed E-state index contributed by atoms with van der Waals surface area (Å²) in [6, 6.07) is 9.88. The van der Waals surface area contributed by atoms with Gasteiger partial charge >= 0.3 is 0 Å². The average molecular weight is 480 g/mol. The molecule has 166 valence electrons. The summed E-state index contributed by atoms with van der Waals surface area (Å²) in [4.78, 5) is 23.1. The quantitative estimate of drug-likeness (QED) is 0.443. The van der Waals surface area contributed by atoms with Crippen LogP contribution in [0.1, 0.15) is 11.8 Å². The standard InChI is InChI=1S/C22H25N3O3S2.ClH/c1-2-28-18-6-3-7-19-21(18)23-22(30-19)25(11-10-24-12-14-27-15-13-24)20(26)9-8-17-5-4-16-29-17;/h3-9,16H,2,10-15H2,1H3;1H.